The van der Waals surface area contributed by atoms with Gasteiger partial charge in [-0.25, -0.2) is 4.79 Å². The van der Waals surface area contributed by atoms with Crippen molar-refractivity contribution in [1.82, 2.24) is 16.0 Å². The van der Waals surface area contributed by atoms with Crippen LogP contribution in [0.1, 0.15) is 45.1 Å². The number of rotatable bonds is 17. The summed E-state index contributed by atoms with van der Waals surface area (Å²) in [6.07, 6.45) is -0.422. The molecule has 0 bridgehead atoms. The molecule has 1 rings (SSSR count). The molecule has 12 N–H and O–H groups in total. The van der Waals surface area contributed by atoms with Crippen molar-refractivity contribution in [2.24, 2.45) is 28.1 Å². The maximum Gasteiger partial charge on any atom is 0.326 e. The summed E-state index contributed by atoms with van der Waals surface area (Å²) in [6.45, 7) is 3.29. The Bertz CT molecular complexity index is 1060. The molecule has 0 aliphatic carbocycles. The second-order valence-corrected chi connectivity index (χ2v) is 9.55. The van der Waals surface area contributed by atoms with Gasteiger partial charge in [-0.05, 0) is 49.3 Å². The Labute approximate surface area is 231 Å². The molecule has 0 heterocycles. The lowest BCUT2D eigenvalue weighted by molar-refractivity contribution is -0.144. The molecule has 15 heteroatoms. The van der Waals surface area contributed by atoms with E-state index >= 15 is 0 Å². The second kappa shape index (κ2) is 16.5. The van der Waals surface area contributed by atoms with Gasteiger partial charge in [0.1, 0.15) is 23.9 Å². The molecule has 222 valence electrons. The van der Waals surface area contributed by atoms with Crippen molar-refractivity contribution in [3.63, 3.8) is 0 Å². The highest BCUT2D eigenvalue weighted by atomic mass is 16.4. The van der Waals surface area contributed by atoms with E-state index in [1.165, 1.54) is 12.1 Å². The number of carbonyl (C=O) groups excluding carboxylic acids is 3. The van der Waals surface area contributed by atoms with Gasteiger partial charge in [-0.1, -0.05) is 26.0 Å². The number of amides is 3. The SMILES string of the molecule is CC(C)C(NC(=O)C(CCC(=O)O)NC(=O)C(CCCN=C(N)N)NC(=O)C(N)Cc1ccc(O)cc1)C(=O)O. The maximum atomic E-state index is 13.2. The maximum absolute atomic E-state index is 13.2. The lowest BCUT2D eigenvalue weighted by Crippen LogP contribution is -2.57. The average molecular weight is 566 g/mol. The Morgan fingerprint density at radius 3 is 1.95 bits per heavy atom. The van der Waals surface area contributed by atoms with Crippen molar-refractivity contribution >= 4 is 35.6 Å². The van der Waals surface area contributed by atoms with Gasteiger partial charge in [0.2, 0.25) is 17.7 Å². The number of nitrogens with one attached hydrogen (secondary N) is 3. The van der Waals surface area contributed by atoms with Crippen molar-refractivity contribution in [2.45, 2.75) is 70.1 Å². The third-order valence-corrected chi connectivity index (χ3v) is 5.82. The number of guanidine groups is 1. The molecule has 1 aromatic rings. The van der Waals surface area contributed by atoms with Gasteiger partial charge in [-0.2, -0.15) is 0 Å². The van der Waals surface area contributed by atoms with Gasteiger partial charge in [0.15, 0.2) is 5.96 Å². The second-order valence-electron chi connectivity index (χ2n) is 9.55. The largest absolute Gasteiger partial charge is 0.508 e. The monoisotopic (exact) mass is 565 g/mol. The van der Waals surface area contributed by atoms with Crippen LogP contribution in [-0.4, -0.2) is 81.7 Å². The molecular formula is C25H39N7O8. The van der Waals surface area contributed by atoms with Crippen LogP contribution in [0.3, 0.4) is 0 Å². The number of carboxylic acids is 2. The molecule has 15 nitrogen and oxygen atoms in total. The summed E-state index contributed by atoms with van der Waals surface area (Å²) in [5, 5.41) is 35.2. The predicted octanol–water partition coefficient (Wildman–Crippen LogP) is -1.62. The molecule has 4 unspecified atom stereocenters. The van der Waals surface area contributed by atoms with Gasteiger partial charge >= 0.3 is 11.9 Å². The quantitative estimate of drug-likeness (QED) is 0.0587. The van der Waals surface area contributed by atoms with E-state index in [4.69, 9.17) is 22.3 Å². The number of phenols is 1. The number of hydrogen-bond donors (Lipinski definition) is 9. The number of nitrogens with two attached hydrogens (primary N) is 3. The van der Waals surface area contributed by atoms with Crippen LogP contribution in [-0.2, 0) is 30.4 Å². The molecule has 0 saturated carbocycles. The Kier molecular flexibility index (Phi) is 13.9. The zero-order valence-electron chi connectivity index (χ0n) is 22.5. The van der Waals surface area contributed by atoms with E-state index in [0.717, 1.165) is 0 Å². The zero-order valence-corrected chi connectivity index (χ0v) is 22.5. The van der Waals surface area contributed by atoms with E-state index in [-0.39, 0.29) is 43.9 Å². The molecule has 0 fully saturated rings. The number of phenolic OH excluding ortho intramolecular Hbond substituents is 1. The summed E-state index contributed by atoms with van der Waals surface area (Å²) >= 11 is 0. The molecule has 1 aromatic carbocycles. The zero-order chi connectivity index (χ0) is 30.4. The van der Waals surface area contributed by atoms with Gasteiger partial charge < -0.3 is 48.5 Å². The Morgan fingerprint density at radius 1 is 0.875 bits per heavy atom. The van der Waals surface area contributed by atoms with Crippen molar-refractivity contribution in [2.75, 3.05) is 6.54 Å². The van der Waals surface area contributed by atoms with Crippen LogP contribution in [0.2, 0.25) is 0 Å². The number of carboxylic acid groups (broad SMARTS) is 2. The molecule has 0 saturated heterocycles. The fourth-order valence-corrected chi connectivity index (χ4v) is 3.61. The standard InChI is InChI=1S/C25H39N7O8/c1-13(2)20(24(39)40)32-23(38)18(9-10-19(34)35)31-22(37)17(4-3-11-29-25(27)28)30-21(36)16(26)12-14-5-7-15(33)8-6-14/h5-8,13,16-18,20,33H,3-4,9-12,26H2,1-2H3,(H,30,36)(H,31,37)(H,32,38)(H,34,35)(H,39,40)(H4,27,28,29). The third kappa shape index (κ3) is 12.4. The normalized spacial score (nSPS) is 13.8. The highest BCUT2D eigenvalue weighted by Crippen LogP contribution is 2.11. The van der Waals surface area contributed by atoms with Crippen LogP contribution in [0.4, 0.5) is 0 Å². The molecular weight excluding hydrogens is 526 g/mol. The summed E-state index contributed by atoms with van der Waals surface area (Å²) in [5.41, 5.74) is 17.3. The van der Waals surface area contributed by atoms with E-state index in [2.05, 4.69) is 20.9 Å². The summed E-state index contributed by atoms with van der Waals surface area (Å²) < 4.78 is 0. The van der Waals surface area contributed by atoms with Crippen molar-refractivity contribution in [3.05, 3.63) is 29.8 Å². The molecule has 0 aliphatic rings. The Balaban J connectivity index is 3.07. The third-order valence-electron chi connectivity index (χ3n) is 5.82. The van der Waals surface area contributed by atoms with Crippen LogP contribution in [0.25, 0.3) is 0 Å². The number of nitrogens with zero attached hydrogens (tertiary/aromatic N) is 1. The van der Waals surface area contributed by atoms with Crippen molar-refractivity contribution in [1.29, 1.82) is 0 Å². The first-order valence-electron chi connectivity index (χ1n) is 12.7. The number of aliphatic carboxylic acids is 2. The number of benzene rings is 1. The lowest BCUT2D eigenvalue weighted by Gasteiger charge is -2.26. The van der Waals surface area contributed by atoms with E-state index in [0.29, 0.717) is 5.56 Å². The summed E-state index contributed by atoms with van der Waals surface area (Å²) in [4.78, 5) is 65.4. The number of aromatic hydroxyl groups is 1. The average Bonchev–Trinajstić information content (AvgIpc) is 2.86. The molecule has 0 aliphatic heterocycles. The van der Waals surface area contributed by atoms with E-state index in [1.807, 2.05) is 0 Å². The van der Waals surface area contributed by atoms with E-state index in [9.17, 15) is 34.2 Å². The molecule has 40 heavy (non-hydrogen) atoms. The van der Waals surface area contributed by atoms with Crippen LogP contribution in [0.5, 0.6) is 5.75 Å². The van der Waals surface area contributed by atoms with Crippen LogP contribution >= 0.6 is 0 Å². The van der Waals surface area contributed by atoms with Crippen molar-refractivity contribution in [3.8, 4) is 5.75 Å². The Morgan fingerprint density at radius 2 is 1.43 bits per heavy atom. The van der Waals surface area contributed by atoms with Gasteiger partial charge in [0, 0.05) is 13.0 Å². The highest BCUT2D eigenvalue weighted by Gasteiger charge is 2.31. The first-order chi connectivity index (χ1) is 18.7. The Hall–Kier alpha value is -4.40. The highest BCUT2D eigenvalue weighted by molar-refractivity contribution is 5.94. The minimum Gasteiger partial charge on any atom is -0.508 e. The summed E-state index contributed by atoms with van der Waals surface area (Å²) in [7, 11) is 0. The summed E-state index contributed by atoms with van der Waals surface area (Å²) in [6, 6.07) is 1.13. The van der Waals surface area contributed by atoms with E-state index in [1.54, 1.807) is 26.0 Å². The van der Waals surface area contributed by atoms with Crippen LogP contribution in [0.15, 0.2) is 29.3 Å². The van der Waals surface area contributed by atoms with Crippen LogP contribution in [0, 0.1) is 5.92 Å². The number of aliphatic imine (C=N–C) groups is 1. The number of hydrogen-bond acceptors (Lipinski definition) is 8. The van der Waals surface area contributed by atoms with Gasteiger partial charge in [-0.15, -0.1) is 0 Å². The number of carbonyl (C=O) groups is 5. The fourth-order valence-electron chi connectivity index (χ4n) is 3.61. The smallest absolute Gasteiger partial charge is 0.326 e. The van der Waals surface area contributed by atoms with Gasteiger partial charge in [-0.3, -0.25) is 24.2 Å². The minimum absolute atomic E-state index is 0.0390. The van der Waals surface area contributed by atoms with Crippen LogP contribution < -0.4 is 33.2 Å². The first kappa shape index (κ1) is 33.6. The molecule has 3 amide bonds. The van der Waals surface area contributed by atoms with Gasteiger partial charge in [0.05, 0.1) is 6.04 Å². The summed E-state index contributed by atoms with van der Waals surface area (Å²) in [5.74, 6) is -5.50. The topological polar surface area (TPSA) is 273 Å². The van der Waals surface area contributed by atoms with Gasteiger partial charge in [0.25, 0.3) is 0 Å². The molecule has 4 atom stereocenters. The molecule has 0 aromatic heterocycles. The molecule has 0 spiro atoms. The van der Waals surface area contributed by atoms with Crippen molar-refractivity contribution < 1.29 is 39.3 Å². The minimum atomic E-state index is -1.40. The van der Waals surface area contributed by atoms with E-state index < -0.39 is 66.2 Å². The first-order valence-corrected chi connectivity index (χ1v) is 12.7. The fraction of sp³-hybridized carbons (Fsp3) is 0.520. The predicted molar refractivity (Wildman–Crippen MR) is 145 cm³/mol. The lowest BCUT2D eigenvalue weighted by atomic mass is 10.0. The molecule has 0 radical (unpaired) electrons.